The van der Waals surface area contributed by atoms with E-state index in [1.54, 1.807) is 18.5 Å². The predicted molar refractivity (Wildman–Crippen MR) is 72.1 cm³/mol. The van der Waals surface area contributed by atoms with E-state index in [9.17, 15) is 9.18 Å². The number of nitrogens with zero attached hydrogens (tertiary/aromatic N) is 2. The number of pyridine rings is 2. The van der Waals surface area contributed by atoms with Crippen molar-refractivity contribution in [2.45, 2.75) is 13.5 Å². The summed E-state index contributed by atoms with van der Waals surface area (Å²) in [7, 11) is 0. The van der Waals surface area contributed by atoms with Crippen molar-refractivity contribution in [1.82, 2.24) is 15.3 Å². The molecule has 6 nitrogen and oxygen atoms in total. The van der Waals surface area contributed by atoms with Crippen molar-refractivity contribution in [3.63, 3.8) is 0 Å². The summed E-state index contributed by atoms with van der Waals surface area (Å²) in [6, 6.07) is 3.09. The molecule has 0 atom stereocenters. The van der Waals surface area contributed by atoms with E-state index in [2.05, 4.69) is 20.7 Å². The summed E-state index contributed by atoms with van der Waals surface area (Å²) in [5.74, 6) is 3.64. The third-order valence-electron chi connectivity index (χ3n) is 2.85. The van der Waals surface area contributed by atoms with E-state index in [-0.39, 0.29) is 11.4 Å². The van der Waals surface area contributed by atoms with Crippen LogP contribution in [0, 0.1) is 12.7 Å². The SMILES string of the molecule is Cc1cnccc1CNC(=O)c1ccnc(NN)c1F. The van der Waals surface area contributed by atoms with Crippen LogP contribution in [-0.2, 0) is 6.54 Å². The number of hydrogen-bond acceptors (Lipinski definition) is 5. The summed E-state index contributed by atoms with van der Waals surface area (Å²) in [6.07, 6.45) is 4.65. The van der Waals surface area contributed by atoms with E-state index in [1.807, 2.05) is 6.92 Å². The Bertz CT molecular complexity index is 632. The summed E-state index contributed by atoms with van der Waals surface area (Å²) < 4.78 is 13.9. The first-order valence-electron chi connectivity index (χ1n) is 5.92. The first-order chi connectivity index (χ1) is 9.63. The van der Waals surface area contributed by atoms with Crippen LogP contribution >= 0.6 is 0 Å². The number of carbonyl (C=O) groups excluding carboxylic acids is 1. The molecule has 20 heavy (non-hydrogen) atoms. The first-order valence-corrected chi connectivity index (χ1v) is 5.92. The maximum absolute atomic E-state index is 13.9. The number of nitrogen functional groups attached to an aromatic ring is 1. The number of hydrazine groups is 1. The lowest BCUT2D eigenvalue weighted by Crippen LogP contribution is -2.25. The van der Waals surface area contributed by atoms with E-state index < -0.39 is 11.7 Å². The molecule has 1 amide bonds. The summed E-state index contributed by atoms with van der Waals surface area (Å²) in [5, 5.41) is 2.65. The molecule has 4 N–H and O–H groups in total. The van der Waals surface area contributed by atoms with Gasteiger partial charge in [0.1, 0.15) is 0 Å². The van der Waals surface area contributed by atoms with E-state index in [0.29, 0.717) is 6.54 Å². The number of anilines is 1. The molecule has 7 heteroatoms. The number of halogens is 1. The van der Waals surface area contributed by atoms with Crippen molar-refractivity contribution >= 4 is 11.7 Å². The van der Waals surface area contributed by atoms with E-state index in [0.717, 1.165) is 11.1 Å². The minimum absolute atomic E-state index is 0.111. The third kappa shape index (κ3) is 2.89. The second kappa shape index (κ2) is 6.07. The van der Waals surface area contributed by atoms with Gasteiger partial charge in [0.15, 0.2) is 11.6 Å². The average molecular weight is 275 g/mol. The molecular formula is C13H14FN5O. The van der Waals surface area contributed by atoms with Gasteiger partial charge in [-0.3, -0.25) is 9.78 Å². The van der Waals surface area contributed by atoms with E-state index in [1.165, 1.54) is 12.3 Å². The third-order valence-corrected chi connectivity index (χ3v) is 2.85. The van der Waals surface area contributed by atoms with Crippen LogP contribution in [0.3, 0.4) is 0 Å². The Morgan fingerprint density at radius 3 is 2.90 bits per heavy atom. The quantitative estimate of drug-likeness (QED) is 0.574. The molecule has 0 aliphatic carbocycles. The number of amides is 1. The van der Waals surface area contributed by atoms with Crippen molar-refractivity contribution in [3.05, 3.63) is 53.2 Å². The molecule has 2 rings (SSSR count). The molecule has 2 heterocycles. The fourth-order valence-corrected chi connectivity index (χ4v) is 1.69. The lowest BCUT2D eigenvalue weighted by atomic mass is 10.1. The van der Waals surface area contributed by atoms with Gasteiger partial charge < -0.3 is 10.7 Å². The summed E-state index contributed by atoms with van der Waals surface area (Å²) in [5.41, 5.74) is 3.86. The van der Waals surface area contributed by atoms with Gasteiger partial charge in [-0.25, -0.2) is 15.2 Å². The van der Waals surface area contributed by atoms with Gasteiger partial charge in [-0.2, -0.15) is 0 Å². The van der Waals surface area contributed by atoms with Gasteiger partial charge in [0, 0.05) is 25.1 Å². The van der Waals surface area contributed by atoms with Crippen molar-refractivity contribution in [2.75, 3.05) is 5.43 Å². The normalized spacial score (nSPS) is 10.2. The molecule has 0 saturated heterocycles. The number of carbonyl (C=O) groups is 1. The molecule has 0 spiro atoms. The molecule has 0 bridgehead atoms. The molecule has 0 aromatic carbocycles. The highest BCUT2D eigenvalue weighted by Gasteiger charge is 2.15. The van der Waals surface area contributed by atoms with Gasteiger partial charge in [0.2, 0.25) is 0 Å². The van der Waals surface area contributed by atoms with Crippen LogP contribution in [0.1, 0.15) is 21.5 Å². The Labute approximate surface area is 115 Å². The molecule has 104 valence electrons. The number of nitrogens with two attached hydrogens (primary N) is 1. The van der Waals surface area contributed by atoms with Crippen LogP contribution in [0.5, 0.6) is 0 Å². The van der Waals surface area contributed by atoms with Crippen LogP contribution < -0.4 is 16.6 Å². The zero-order valence-electron chi connectivity index (χ0n) is 10.9. The Hall–Kier alpha value is -2.54. The Morgan fingerprint density at radius 1 is 1.40 bits per heavy atom. The number of hydrogen-bond donors (Lipinski definition) is 3. The fraction of sp³-hybridized carbons (Fsp3) is 0.154. The maximum atomic E-state index is 13.9. The van der Waals surface area contributed by atoms with Crippen molar-refractivity contribution in [3.8, 4) is 0 Å². The van der Waals surface area contributed by atoms with Gasteiger partial charge in [0.05, 0.1) is 5.56 Å². The average Bonchev–Trinajstić information content (AvgIpc) is 2.46. The second-order valence-electron chi connectivity index (χ2n) is 4.15. The number of rotatable bonds is 4. The molecule has 0 radical (unpaired) electrons. The molecule has 2 aromatic heterocycles. The van der Waals surface area contributed by atoms with Gasteiger partial charge >= 0.3 is 0 Å². The molecule has 2 aromatic rings. The highest BCUT2D eigenvalue weighted by atomic mass is 19.1. The van der Waals surface area contributed by atoms with Crippen LogP contribution in [0.15, 0.2) is 30.7 Å². The summed E-state index contributed by atoms with van der Waals surface area (Å²) in [6.45, 7) is 2.18. The second-order valence-corrected chi connectivity index (χ2v) is 4.15. The van der Waals surface area contributed by atoms with E-state index in [4.69, 9.17) is 5.84 Å². The number of aromatic nitrogens is 2. The lowest BCUT2D eigenvalue weighted by molar-refractivity contribution is 0.0947. The Kier molecular flexibility index (Phi) is 4.21. The highest BCUT2D eigenvalue weighted by molar-refractivity contribution is 5.95. The van der Waals surface area contributed by atoms with Gasteiger partial charge in [-0.15, -0.1) is 0 Å². The predicted octanol–water partition coefficient (Wildman–Crippen LogP) is 1.14. The van der Waals surface area contributed by atoms with Gasteiger partial charge in [0.25, 0.3) is 5.91 Å². The minimum atomic E-state index is -0.779. The Balaban J connectivity index is 2.12. The molecular weight excluding hydrogens is 261 g/mol. The smallest absolute Gasteiger partial charge is 0.254 e. The van der Waals surface area contributed by atoms with Crippen LogP contribution in [-0.4, -0.2) is 15.9 Å². The standard InChI is InChI=1S/C13H14FN5O/c1-8-6-16-4-2-9(8)7-18-13(20)10-3-5-17-12(19-15)11(10)14/h2-6H,7,15H2,1H3,(H,17,19)(H,18,20). The first kappa shape index (κ1) is 13.9. The monoisotopic (exact) mass is 275 g/mol. The highest BCUT2D eigenvalue weighted by Crippen LogP contribution is 2.14. The maximum Gasteiger partial charge on any atom is 0.254 e. The largest absolute Gasteiger partial charge is 0.348 e. The Morgan fingerprint density at radius 2 is 2.20 bits per heavy atom. The van der Waals surface area contributed by atoms with Crippen LogP contribution in [0.25, 0.3) is 0 Å². The van der Waals surface area contributed by atoms with E-state index >= 15 is 0 Å². The van der Waals surface area contributed by atoms with Crippen LogP contribution in [0.4, 0.5) is 10.2 Å². The molecule has 0 unspecified atom stereocenters. The van der Waals surface area contributed by atoms with Gasteiger partial charge in [-0.05, 0) is 30.2 Å². The molecule has 0 saturated carbocycles. The topological polar surface area (TPSA) is 92.9 Å². The lowest BCUT2D eigenvalue weighted by Gasteiger charge is -2.09. The minimum Gasteiger partial charge on any atom is -0.348 e. The molecule has 0 fully saturated rings. The summed E-state index contributed by atoms with van der Waals surface area (Å²) in [4.78, 5) is 19.6. The molecule has 0 aliphatic heterocycles. The summed E-state index contributed by atoms with van der Waals surface area (Å²) >= 11 is 0. The van der Waals surface area contributed by atoms with Crippen molar-refractivity contribution < 1.29 is 9.18 Å². The number of nitrogens with one attached hydrogen (secondary N) is 2. The molecule has 0 aliphatic rings. The van der Waals surface area contributed by atoms with Gasteiger partial charge in [-0.1, -0.05) is 0 Å². The van der Waals surface area contributed by atoms with Crippen molar-refractivity contribution in [1.29, 1.82) is 0 Å². The zero-order chi connectivity index (χ0) is 14.5. The fourth-order valence-electron chi connectivity index (χ4n) is 1.69. The van der Waals surface area contributed by atoms with Crippen LogP contribution in [0.2, 0.25) is 0 Å². The number of aryl methyl sites for hydroxylation is 1. The zero-order valence-corrected chi connectivity index (χ0v) is 10.9. The van der Waals surface area contributed by atoms with Crippen molar-refractivity contribution in [2.24, 2.45) is 5.84 Å².